The van der Waals surface area contributed by atoms with Crippen molar-refractivity contribution in [2.45, 2.75) is 45.1 Å². The molecule has 0 saturated carbocycles. The van der Waals surface area contributed by atoms with E-state index in [1.165, 1.54) is 0 Å². The molecule has 126 valence electrons. The van der Waals surface area contributed by atoms with Crippen LogP contribution in [-0.4, -0.2) is 61.3 Å². The lowest BCUT2D eigenvalue weighted by atomic mass is 9.76. The van der Waals surface area contributed by atoms with Crippen molar-refractivity contribution >= 4 is 17.7 Å². The summed E-state index contributed by atoms with van der Waals surface area (Å²) in [5.41, 5.74) is 0.307. The fourth-order valence-corrected chi connectivity index (χ4v) is 5.11. The number of nitrogens with zero attached hydrogens (tertiary/aromatic N) is 1. The molecule has 3 saturated heterocycles. The van der Waals surface area contributed by atoms with E-state index in [4.69, 9.17) is 9.47 Å². The third-order valence-electron chi connectivity index (χ3n) is 5.50. The van der Waals surface area contributed by atoms with Gasteiger partial charge in [-0.2, -0.15) is 11.8 Å². The highest BCUT2D eigenvalue weighted by atomic mass is 32.2. The van der Waals surface area contributed by atoms with E-state index in [-0.39, 0.29) is 6.10 Å². The molecule has 0 radical (unpaired) electrons. The van der Waals surface area contributed by atoms with Gasteiger partial charge in [0, 0.05) is 25.6 Å². The van der Waals surface area contributed by atoms with Gasteiger partial charge in [0.05, 0.1) is 19.3 Å². The van der Waals surface area contributed by atoms with E-state index in [9.17, 15) is 4.79 Å². The smallest absolute Gasteiger partial charge is 0.225 e. The largest absolute Gasteiger partial charge is 0.379 e. The van der Waals surface area contributed by atoms with Crippen LogP contribution in [0.5, 0.6) is 0 Å². The predicted octanol–water partition coefficient (Wildman–Crippen LogP) is 2.56. The van der Waals surface area contributed by atoms with Crippen LogP contribution in [-0.2, 0) is 14.3 Å². The molecule has 0 unspecified atom stereocenters. The van der Waals surface area contributed by atoms with Crippen LogP contribution in [0.25, 0.3) is 0 Å². The third kappa shape index (κ3) is 3.80. The minimum Gasteiger partial charge on any atom is -0.379 e. The van der Waals surface area contributed by atoms with Gasteiger partial charge in [-0.25, -0.2) is 0 Å². The zero-order chi connectivity index (χ0) is 15.4. The van der Waals surface area contributed by atoms with E-state index in [1.807, 2.05) is 18.7 Å². The zero-order valence-electron chi connectivity index (χ0n) is 13.7. The number of amides is 1. The first-order valence-corrected chi connectivity index (χ1v) is 9.94. The Labute approximate surface area is 138 Å². The molecular weight excluding hydrogens is 298 g/mol. The van der Waals surface area contributed by atoms with Crippen LogP contribution in [0, 0.1) is 11.3 Å². The number of ether oxygens (including phenoxy) is 2. The molecule has 1 atom stereocenters. The topological polar surface area (TPSA) is 38.8 Å². The first kappa shape index (κ1) is 16.6. The van der Waals surface area contributed by atoms with E-state index >= 15 is 0 Å². The molecule has 1 amide bonds. The average Bonchev–Trinajstić information content (AvgIpc) is 2.96. The van der Waals surface area contributed by atoms with Gasteiger partial charge in [-0.15, -0.1) is 0 Å². The van der Waals surface area contributed by atoms with Gasteiger partial charge >= 0.3 is 0 Å². The molecular formula is C17H29NO3S. The fraction of sp³-hybridized carbons (Fsp3) is 0.941. The number of carbonyl (C=O) groups excluding carboxylic acids is 1. The van der Waals surface area contributed by atoms with Crippen molar-refractivity contribution in [3.8, 4) is 0 Å². The van der Waals surface area contributed by atoms with Crippen molar-refractivity contribution in [3.05, 3.63) is 0 Å². The highest BCUT2D eigenvalue weighted by Gasteiger charge is 2.43. The molecule has 0 aromatic heterocycles. The molecule has 0 aromatic rings. The van der Waals surface area contributed by atoms with E-state index < -0.39 is 0 Å². The highest BCUT2D eigenvalue weighted by molar-refractivity contribution is 7.99. The number of thioether (sulfide) groups is 1. The lowest BCUT2D eigenvalue weighted by Gasteiger charge is -2.40. The second-order valence-electron chi connectivity index (χ2n) is 7.01. The van der Waals surface area contributed by atoms with Crippen LogP contribution in [0.15, 0.2) is 0 Å². The standard InChI is InChI=1S/C17H29NO3S/c1-2-20-12-15-11-17(13-21-15)5-7-18(8-6-17)16(19)14-3-9-22-10-4-14/h14-15H,2-13H2,1H3/t15-/m0/s1. The minimum absolute atomic E-state index is 0.262. The van der Waals surface area contributed by atoms with Gasteiger partial charge in [-0.1, -0.05) is 0 Å². The van der Waals surface area contributed by atoms with E-state index in [0.717, 1.165) is 76.5 Å². The van der Waals surface area contributed by atoms with Crippen LogP contribution in [0.2, 0.25) is 0 Å². The summed E-state index contributed by atoms with van der Waals surface area (Å²) in [5, 5.41) is 0. The van der Waals surface area contributed by atoms with Crippen LogP contribution in [0.3, 0.4) is 0 Å². The van der Waals surface area contributed by atoms with Crippen molar-refractivity contribution in [2.75, 3.05) is 44.4 Å². The SMILES string of the molecule is CCOC[C@@H]1CC2(CCN(C(=O)C3CCSCC3)CC2)CO1. The minimum atomic E-state index is 0.262. The van der Waals surface area contributed by atoms with Gasteiger partial charge in [0.2, 0.25) is 5.91 Å². The number of piperidine rings is 1. The van der Waals surface area contributed by atoms with Crippen LogP contribution in [0.4, 0.5) is 0 Å². The molecule has 0 aromatic carbocycles. The first-order chi connectivity index (χ1) is 10.7. The summed E-state index contributed by atoms with van der Waals surface area (Å²) in [4.78, 5) is 14.8. The Bertz CT molecular complexity index is 376. The fourth-order valence-electron chi connectivity index (χ4n) is 4.00. The monoisotopic (exact) mass is 327 g/mol. The van der Waals surface area contributed by atoms with Crippen molar-refractivity contribution in [3.63, 3.8) is 0 Å². The van der Waals surface area contributed by atoms with E-state index in [2.05, 4.69) is 4.90 Å². The molecule has 3 fully saturated rings. The van der Waals surface area contributed by atoms with Gasteiger partial charge < -0.3 is 14.4 Å². The Hall–Kier alpha value is -0.260. The Morgan fingerprint density at radius 3 is 2.73 bits per heavy atom. The maximum Gasteiger partial charge on any atom is 0.225 e. The number of carbonyl (C=O) groups is 1. The van der Waals surface area contributed by atoms with Crippen LogP contribution >= 0.6 is 11.8 Å². The van der Waals surface area contributed by atoms with Gasteiger partial charge in [0.1, 0.15) is 0 Å². The van der Waals surface area contributed by atoms with Gasteiger partial charge in [0.15, 0.2) is 0 Å². The van der Waals surface area contributed by atoms with Crippen LogP contribution in [0.1, 0.15) is 39.0 Å². The molecule has 4 nitrogen and oxygen atoms in total. The molecule has 3 rings (SSSR count). The number of likely N-dealkylation sites (tertiary alicyclic amines) is 1. The van der Waals surface area contributed by atoms with Crippen LogP contribution < -0.4 is 0 Å². The summed E-state index contributed by atoms with van der Waals surface area (Å²) in [6.45, 7) is 6.21. The second-order valence-corrected chi connectivity index (χ2v) is 8.23. The zero-order valence-corrected chi connectivity index (χ0v) is 14.5. The summed E-state index contributed by atoms with van der Waals surface area (Å²) < 4.78 is 11.4. The third-order valence-corrected chi connectivity index (χ3v) is 6.55. The van der Waals surface area contributed by atoms with Crippen molar-refractivity contribution in [1.82, 2.24) is 4.90 Å². The maximum absolute atomic E-state index is 12.6. The van der Waals surface area contributed by atoms with Crippen molar-refractivity contribution in [2.24, 2.45) is 11.3 Å². The molecule has 3 heterocycles. The van der Waals surface area contributed by atoms with E-state index in [1.54, 1.807) is 0 Å². The molecule has 0 bridgehead atoms. The Morgan fingerprint density at radius 1 is 1.32 bits per heavy atom. The number of rotatable bonds is 4. The molecule has 0 aliphatic carbocycles. The lowest BCUT2D eigenvalue weighted by molar-refractivity contribution is -0.138. The summed E-state index contributed by atoms with van der Waals surface area (Å²) in [6, 6.07) is 0. The highest BCUT2D eigenvalue weighted by Crippen LogP contribution is 2.42. The second kappa shape index (κ2) is 7.54. The molecule has 22 heavy (non-hydrogen) atoms. The Kier molecular flexibility index (Phi) is 5.69. The quantitative estimate of drug-likeness (QED) is 0.795. The lowest BCUT2D eigenvalue weighted by Crippen LogP contribution is -2.46. The van der Waals surface area contributed by atoms with Gasteiger partial charge in [-0.05, 0) is 55.9 Å². The normalized spacial score (nSPS) is 29.1. The molecule has 3 aliphatic rings. The Balaban J connectivity index is 1.47. The molecule has 1 spiro atoms. The van der Waals surface area contributed by atoms with Crippen molar-refractivity contribution < 1.29 is 14.3 Å². The van der Waals surface area contributed by atoms with Crippen molar-refractivity contribution in [1.29, 1.82) is 0 Å². The van der Waals surface area contributed by atoms with Gasteiger partial charge in [0.25, 0.3) is 0 Å². The molecule has 0 N–H and O–H groups in total. The average molecular weight is 327 g/mol. The number of hydrogen-bond acceptors (Lipinski definition) is 4. The molecule has 5 heteroatoms. The van der Waals surface area contributed by atoms with Gasteiger partial charge in [-0.3, -0.25) is 4.79 Å². The summed E-state index contributed by atoms with van der Waals surface area (Å²) in [7, 11) is 0. The maximum atomic E-state index is 12.6. The summed E-state index contributed by atoms with van der Waals surface area (Å²) >= 11 is 1.99. The predicted molar refractivity (Wildman–Crippen MR) is 89.1 cm³/mol. The summed E-state index contributed by atoms with van der Waals surface area (Å²) in [5.74, 6) is 3.02. The number of hydrogen-bond donors (Lipinski definition) is 0. The first-order valence-electron chi connectivity index (χ1n) is 8.78. The summed E-state index contributed by atoms with van der Waals surface area (Å²) in [6.07, 6.45) is 5.72. The van der Waals surface area contributed by atoms with E-state index in [0.29, 0.717) is 17.2 Å². The Morgan fingerprint density at radius 2 is 2.05 bits per heavy atom. The molecule has 3 aliphatic heterocycles.